The fourth-order valence-electron chi connectivity index (χ4n) is 1.29. The fraction of sp³-hybridized carbons (Fsp3) is 0.889. The van der Waals surface area contributed by atoms with E-state index in [0.29, 0.717) is 6.04 Å². The minimum atomic E-state index is 0.259. The third kappa shape index (κ3) is 2.71. The lowest BCUT2D eigenvalue weighted by molar-refractivity contribution is 0.113. The minimum absolute atomic E-state index is 0.259. The molecule has 70 valence electrons. The maximum absolute atomic E-state index is 8.57. The van der Waals surface area contributed by atoms with Crippen molar-refractivity contribution in [2.75, 3.05) is 13.7 Å². The Labute approximate surface area is 74.9 Å². The zero-order chi connectivity index (χ0) is 9.56. The highest BCUT2D eigenvalue weighted by Gasteiger charge is 2.27. The lowest BCUT2D eigenvalue weighted by Crippen LogP contribution is -2.21. The average molecular weight is 170 g/mol. The van der Waals surface area contributed by atoms with Gasteiger partial charge in [0.25, 0.3) is 0 Å². The Kier molecular flexibility index (Phi) is 5.48. The van der Waals surface area contributed by atoms with Gasteiger partial charge >= 0.3 is 0 Å². The molecule has 1 aliphatic heterocycles. The van der Waals surface area contributed by atoms with Crippen LogP contribution in [0.5, 0.6) is 0 Å². The predicted octanol–water partition coefficient (Wildman–Crippen LogP) is 1.60. The van der Waals surface area contributed by atoms with Crippen molar-refractivity contribution in [2.24, 2.45) is 0 Å². The molecule has 0 spiro atoms. The van der Waals surface area contributed by atoms with Crippen molar-refractivity contribution in [3.05, 3.63) is 0 Å². The van der Waals surface area contributed by atoms with Gasteiger partial charge < -0.3 is 9.64 Å². The molecule has 12 heavy (non-hydrogen) atoms. The van der Waals surface area contributed by atoms with Crippen LogP contribution in [0.25, 0.3) is 0 Å². The summed E-state index contributed by atoms with van der Waals surface area (Å²) in [6.45, 7) is 6.80. The van der Waals surface area contributed by atoms with Gasteiger partial charge in [-0.2, -0.15) is 5.26 Å². The van der Waals surface area contributed by atoms with E-state index in [0.717, 1.165) is 13.0 Å². The molecule has 1 aliphatic rings. The Morgan fingerprint density at radius 2 is 2.08 bits per heavy atom. The molecule has 3 heteroatoms. The number of likely N-dealkylation sites (tertiary alicyclic amines) is 1. The molecule has 1 fully saturated rings. The Morgan fingerprint density at radius 3 is 2.33 bits per heavy atom. The first kappa shape index (κ1) is 11.2. The monoisotopic (exact) mass is 170 g/mol. The van der Waals surface area contributed by atoms with Crippen molar-refractivity contribution in [3.63, 3.8) is 0 Å². The summed E-state index contributed by atoms with van der Waals surface area (Å²) in [5.74, 6) is 0. The minimum Gasteiger partial charge on any atom is -0.380 e. The topological polar surface area (TPSA) is 36.3 Å². The van der Waals surface area contributed by atoms with Gasteiger partial charge in [0, 0.05) is 13.2 Å². The first-order chi connectivity index (χ1) is 5.77. The zero-order valence-electron chi connectivity index (χ0n) is 8.37. The molecule has 0 aromatic rings. The van der Waals surface area contributed by atoms with E-state index in [9.17, 15) is 0 Å². The van der Waals surface area contributed by atoms with Gasteiger partial charge in [0.1, 0.15) is 0 Å². The highest BCUT2D eigenvalue weighted by atomic mass is 16.5. The molecule has 0 amide bonds. The normalized spacial score (nSPS) is 27.4. The molecule has 0 saturated carbocycles. The van der Waals surface area contributed by atoms with Crippen LogP contribution in [-0.2, 0) is 4.74 Å². The van der Waals surface area contributed by atoms with Crippen LogP contribution < -0.4 is 0 Å². The van der Waals surface area contributed by atoms with Crippen LogP contribution in [0.15, 0.2) is 0 Å². The number of hydrogen-bond acceptors (Lipinski definition) is 3. The highest BCUT2D eigenvalue weighted by Crippen LogP contribution is 2.17. The van der Waals surface area contributed by atoms with Crippen LogP contribution in [-0.4, -0.2) is 30.7 Å². The fourth-order valence-corrected chi connectivity index (χ4v) is 1.29. The van der Waals surface area contributed by atoms with Gasteiger partial charge in [-0.05, 0) is 13.3 Å². The lowest BCUT2D eigenvalue weighted by Gasteiger charge is -2.10. The molecule has 0 aromatic heterocycles. The number of methoxy groups -OCH3 is 1. The number of nitriles is 1. The molecule has 0 aliphatic carbocycles. The van der Waals surface area contributed by atoms with Crippen LogP contribution in [0, 0.1) is 11.5 Å². The van der Waals surface area contributed by atoms with E-state index < -0.39 is 0 Å². The van der Waals surface area contributed by atoms with Crippen molar-refractivity contribution < 1.29 is 4.74 Å². The van der Waals surface area contributed by atoms with Gasteiger partial charge in [0.2, 0.25) is 0 Å². The summed E-state index contributed by atoms with van der Waals surface area (Å²) >= 11 is 0. The average Bonchev–Trinajstić information content (AvgIpc) is 2.49. The van der Waals surface area contributed by atoms with Crippen molar-refractivity contribution in [1.29, 1.82) is 5.26 Å². The molecule has 0 bridgehead atoms. The van der Waals surface area contributed by atoms with E-state index in [1.54, 1.807) is 12.0 Å². The Hall–Kier alpha value is -0.750. The molecular weight excluding hydrogens is 152 g/mol. The molecule has 1 rings (SSSR count). The number of rotatable bonds is 1. The molecule has 2 atom stereocenters. The number of nitrogens with zero attached hydrogens (tertiary/aromatic N) is 2. The van der Waals surface area contributed by atoms with E-state index in [1.807, 2.05) is 20.8 Å². The van der Waals surface area contributed by atoms with Crippen molar-refractivity contribution in [2.45, 2.75) is 39.3 Å². The van der Waals surface area contributed by atoms with E-state index in [-0.39, 0.29) is 6.10 Å². The summed E-state index contributed by atoms with van der Waals surface area (Å²) in [5.41, 5.74) is 0. The third-order valence-electron chi connectivity index (χ3n) is 2.00. The highest BCUT2D eigenvalue weighted by molar-refractivity contribution is 4.90. The number of ether oxygens (including phenoxy) is 1. The van der Waals surface area contributed by atoms with E-state index in [4.69, 9.17) is 10.00 Å². The first-order valence-corrected chi connectivity index (χ1v) is 4.47. The molecule has 2 unspecified atom stereocenters. The Balaban J connectivity index is 0.000000561. The SMILES string of the molecule is CC.COC1CC(C)N(C#N)C1. The smallest absolute Gasteiger partial charge is 0.179 e. The summed E-state index contributed by atoms with van der Waals surface area (Å²) in [6.07, 6.45) is 3.37. The Morgan fingerprint density at radius 1 is 1.50 bits per heavy atom. The second-order valence-corrected chi connectivity index (χ2v) is 2.69. The van der Waals surface area contributed by atoms with Gasteiger partial charge in [0.15, 0.2) is 6.19 Å². The Bertz CT molecular complexity index is 153. The molecular formula is C9H18N2O. The van der Waals surface area contributed by atoms with Crippen molar-refractivity contribution in [3.8, 4) is 6.19 Å². The van der Waals surface area contributed by atoms with Crippen LogP contribution in [0.1, 0.15) is 27.2 Å². The van der Waals surface area contributed by atoms with Crippen LogP contribution >= 0.6 is 0 Å². The van der Waals surface area contributed by atoms with Crippen LogP contribution in [0.2, 0.25) is 0 Å². The van der Waals surface area contributed by atoms with Gasteiger partial charge in [-0.3, -0.25) is 0 Å². The van der Waals surface area contributed by atoms with E-state index in [1.165, 1.54) is 0 Å². The van der Waals surface area contributed by atoms with Crippen LogP contribution in [0.3, 0.4) is 0 Å². The summed E-state index contributed by atoms with van der Waals surface area (Å²) in [4.78, 5) is 1.76. The maximum Gasteiger partial charge on any atom is 0.179 e. The van der Waals surface area contributed by atoms with E-state index in [2.05, 4.69) is 6.19 Å². The molecule has 0 N–H and O–H groups in total. The largest absolute Gasteiger partial charge is 0.380 e. The quantitative estimate of drug-likeness (QED) is 0.561. The first-order valence-electron chi connectivity index (χ1n) is 4.47. The zero-order valence-corrected chi connectivity index (χ0v) is 8.37. The van der Waals surface area contributed by atoms with Gasteiger partial charge in [0.05, 0.1) is 12.6 Å². The lowest BCUT2D eigenvalue weighted by atomic mass is 10.2. The van der Waals surface area contributed by atoms with Gasteiger partial charge in [-0.1, -0.05) is 13.8 Å². The molecule has 0 radical (unpaired) electrons. The second-order valence-electron chi connectivity index (χ2n) is 2.69. The summed E-state index contributed by atoms with van der Waals surface area (Å²) < 4.78 is 5.12. The maximum atomic E-state index is 8.57. The molecule has 0 aromatic carbocycles. The van der Waals surface area contributed by atoms with Crippen LogP contribution in [0.4, 0.5) is 0 Å². The number of hydrogen-bond donors (Lipinski definition) is 0. The molecule has 3 nitrogen and oxygen atoms in total. The third-order valence-corrected chi connectivity index (χ3v) is 2.00. The predicted molar refractivity (Wildman–Crippen MR) is 48.5 cm³/mol. The van der Waals surface area contributed by atoms with Crippen molar-refractivity contribution in [1.82, 2.24) is 4.90 Å². The summed E-state index contributed by atoms with van der Waals surface area (Å²) in [5, 5.41) is 8.57. The second kappa shape index (κ2) is 5.84. The van der Waals surface area contributed by atoms with Crippen molar-refractivity contribution >= 4 is 0 Å². The van der Waals surface area contributed by atoms with E-state index >= 15 is 0 Å². The summed E-state index contributed by atoms with van der Waals surface area (Å²) in [6, 6.07) is 0.356. The summed E-state index contributed by atoms with van der Waals surface area (Å²) in [7, 11) is 1.69. The molecule has 1 heterocycles. The van der Waals surface area contributed by atoms with Gasteiger partial charge in [-0.25, -0.2) is 0 Å². The molecule has 1 saturated heterocycles. The van der Waals surface area contributed by atoms with Gasteiger partial charge in [-0.15, -0.1) is 0 Å². The standard InChI is InChI=1S/C7H12N2O.C2H6/c1-6-3-7(10-2)4-9(6)5-8;1-2/h6-7H,3-4H2,1-2H3;1-2H3.